The standard InChI is InChI=1S/C24H21BrClFN2O/c25-19-11-9-18(10-12-19)23(17-5-2-1-3-6-17)28-13-15-29(16-14-28)24(30)22-20(26)7-4-8-21(22)27/h1-12,23H,13-16H2/t23-/m0/s1. The van der Waals surface area contributed by atoms with E-state index in [0.29, 0.717) is 26.2 Å². The summed E-state index contributed by atoms with van der Waals surface area (Å²) in [6.45, 7) is 2.41. The Morgan fingerprint density at radius 2 is 1.50 bits per heavy atom. The molecule has 0 aliphatic carbocycles. The quantitative estimate of drug-likeness (QED) is 0.465. The van der Waals surface area contributed by atoms with Gasteiger partial charge in [0.25, 0.3) is 5.91 Å². The number of halogens is 3. The number of hydrogen-bond acceptors (Lipinski definition) is 2. The fourth-order valence-corrected chi connectivity index (χ4v) is 4.45. The molecule has 0 aromatic heterocycles. The minimum Gasteiger partial charge on any atom is -0.336 e. The Balaban J connectivity index is 1.54. The average molecular weight is 488 g/mol. The largest absolute Gasteiger partial charge is 0.336 e. The first-order valence-electron chi connectivity index (χ1n) is 9.82. The minimum atomic E-state index is -0.577. The third-order valence-electron chi connectivity index (χ3n) is 5.44. The fraction of sp³-hybridized carbons (Fsp3) is 0.208. The Hall–Kier alpha value is -2.21. The van der Waals surface area contributed by atoms with Crippen molar-refractivity contribution < 1.29 is 9.18 Å². The predicted molar refractivity (Wildman–Crippen MR) is 121 cm³/mol. The number of piperazine rings is 1. The molecule has 1 atom stereocenters. The summed E-state index contributed by atoms with van der Waals surface area (Å²) in [4.78, 5) is 16.9. The molecule has 0 spiro atoms. The fourth-order valence-electron chi connectivity index (χ4n) is 3.94. The molecule has 3 nitrogen and oxygen atoms in total. The van der Waals surface area contributed by atoms with Gasteiger partial charge in [0.15, 0.2) is 0 Å². The van der Waals surface area contributed by atoms with E-state index in [1.165, 1.54) is 23.3 Å². The number of hydrogen-bond donors (Lipinski definition) is 0. The van der Waals surface area contributed by atoms with Gasteiger partial charge in [0.05, 0.1) is 16.6 Å². The molecule has 0 unspecified atom stereocenters. The van der Waals surface area contributed by atoms with Crippen molar-refractivity contribution in [1.29, 1.82) is 0 Å². The van der Waals surface area contributed by atoms with E-state index < -0.39 is 5.82 Å². The van der Waals surface area contributed by atoms with Crippen LogP contribution in [-0.4, -0.2) is 41.9 Å². The molecule has 1 saturated heterocycles. The number of benzene rings is 3. The van der Waals surface area contributed by atoms with Gasteiger partial charge in [0.2, 0.25) is 0 Å². The number of amides is 1. The molecule has 1 heterocycles. The molecule has 1 fully saturated rings. The molecule has 1 aliphatic heterocycles. The summed E-state index contributed by atoms with van der Waals surface area (Å²) in [6, 6.07) is 23.1. The van der Waals surface area contributed by atoms with Crippen LogP contribution in [0.25, 0.3) is 0 Å². The summed E-state index contributed by atoms with van der Waals surface area (Å²) in [6.07, 6.45) is 0. The van der Waals surface area contributed by atoms with Crippen molar-refractivity contribution in [3.63, 3.8) is 0 Å². The highest BCUT2D eigenvalue weighted by Crippen LogP contribution is 2.31. The van der Waals surface area contributed by atoms with E-state index in [1.54, 1.807) is 11.0 Å². The Kier molecular flexibility index (Phi) is 6.52. The summed E-state index contributed by atoms with van der Waals surface area (Å²) >= 11 is 9.60. The maximum Gasteiger partial charge on any atom is 0.258 e. The lowest BCUT2D eigenvalue weighted by Gasteiger charge is -2.40. The van der Waals surface area contributed by atoms with Crippen molar-refractivity contribution in [2.75, 3.05) is 26.2 Å². The molecular formula is C24H21BrClFN2O. The lowest BCUT2D eigenvalue weighted by atomic mass is 9.96. The second-order valence-corrected chi connectivity index (χ2v) is 8.61. The van der Waals surface area contributed by atoms with E-state index in [2.05, 4.69) is 45.1 Å². The van der Waals surface area contributed by atoms with Crippen molar-refractivity contribution in [3.8, 4) is 0 Å². The van der Waals surface area contributed by atoms with Crippen LogP contribution in [0.3, 0.4) is 0 Å². The first-order chi connectivity index (χ1) is 14.5. The van der Waals surface area contributed by atoms with Crippen LogP contribution in [0.2, 0.25) is 5.02 Å². The lowest BCUT2D eigenvalue weighted by Crippen LogP contribution is -2.50. The van der Waals surface area contributed by atoms with Gasteiger partial charge >= 0.3 is 0 Å². The Morgan fingerprint density at radius 3 is 2.13 bits per heavy atom. The van der Waals surface area contributed by atoms with Crippen LogP contribution in [0, 0.1) is 5.82 Å². The van der Waals surface area contributed by atoms with Gasteiger partial charge in [-0.2, -0.15) is 0 Å². The second kappa shape index (κ2) is 9.29. The molecule has 0 radical (unpaired) electrons. The van der Waals surface area contributed by atoms with Crippen LogP contribution in [0.5, 0.6) is 0 Å². The smallest absolute Gasteiger partial charge is 0.258 e. The van der Waals surface area contributed by atoms with E-state index in [9.17, 15) is 9.18 Å². The zero-order chi connectivity index (χ0) is 21.1. The molecule has 1 amide bonds. The first kappa shape index (κ1) is 21.0. The van der Waals surface area contributed by atoms with Crippen molar-refractivity contribution >= 4 is 33.4 Å². The third-order valence-corrected chi connectivity index (χ3v) is 6.29. The van der Waals surface area contributed by atoms with Crippen LogP contribution >= 0.6 is 27.5 Å². The topological polar surface area (TPSA) is 23.6 Å². The van der Waals surface area contributed by atoms with Crippen LogP contribution in [-0.2, 0) is 0 Å². The molecular weight excluding hydrogens is 467 g/mol. The van der Waals surface area contributed by atoms with E-state index in [-0.39, 0.29) is 22.5 Å². The van der Waals surface area contributed by atoms with Crippen LogP contribution < -0.4 is 0 Å². The summed E-state index contributed by atoms with van der Waals surface area (Å²) < 4.78 is 15.2. The van der Waals surface area contributed by atoms with E-state index >= 15 is 0 Å². The summed E-state index contributed by atoms with van der Waals surface area (Å²) in [5.74, 6) is -0.926. The lowest BCUT2D eigenvalue weighted by molar-refractivity contribution is 0.0593. The number of carbonyl (C=O) groups excluding carboxylic acids is 1. The summed E-state index contributed by atoms with van der Waals surface area (Å²) in [7, 11) is 0. The highest BCUT2D eigenvalue weighted by molar-refractivity contribution is 9.10. The van der Waals surface area contributed by atoms with Crippen LogP contribution in [0.1, 0.15) is 27.5 Å². The van der Waals surface area contributed by atoms with Gasteiger partial charge in [-0.3, -0.25) is 9.69 Å². The van der Waals surface area contributed by atoms with Gasteiger partial charge in [-0.05, 0) is 35.4 Å². The zero-order valence-corrected chi connectivity index (χ0v) is 18.6. The van der Waals surface area contributed by atoms with Crippen molar-refractivity contribution in [1.82, 2.24) is 9.80 Å². The van der Waals surface area contributed by atoms with Gasteiger partial charge in [-0.1, -0.05) is 76.1 Å². The number of carbonyl (C=O) groups is 1. The van der Waals surface area contributed by atoms with Crippen molar-refractivity contribution in [2.45, 2.75) is 6.04 Å². The molecule has 3 aromatic rings. The van der Waals surface area contributed by atoms with Gasteiger partial charge in [-0.25, -0.2) is 4.39 Å². The van der Waals surface area contributed by atoms with Crippen LogP contribution in [0.4, 0.5) is 4.39 Å². The van der Waals surface area contributed by atoms with Crippen molar-refractivity contribution in [2.24, 2.45) is 0 Å². The van der Waals surface area contributed by atoms with E-state index in [4.69, 9.17) is 11.6 Å². The molecule has 1 aliphatic rings. The van der Waals surface area contributed by atoms with Gasteiger partial charge < -0.3 is 4.90 Å². The molecule has 0 N–H and O–H groups in total. The SMILES string of the molecule is O=C(c1c(F)cccc1Cl)N1CCN([C@@H](c2ccccc2)c2ccc(Br)cc2)CC1. The predicted octanol–water partition coefficient (Wildman–Crippen LogP) is 5.79. The molecule has 154 valence electrons. The average Bonchev–Trinajstić information content (AvgIpc) is 2.76. The minimum absolute atomic E-state index is 0.0415. The monoisotopic (exact) mass is 486 g/mol. The van der Waals surface area contributed by atoms with Gasteiger partial charge in [0.1, 0.15) is 5.82 Å². The van der Waals surface area contributed by atoms with Gasteiger partial charge in [-0.15, -0.1) is 0 Å². The Bertz CT molecular complexity index is 1000. The maximum atomic E-state index is 14.2. The molecule has 3 aromatic carbocycles. The van der Waals surface area contributed by atoms with Crippen LogP contribution in [0.15, 0.2) is 77.3 Å². The molecule has 4 rings (SSSR count). The first-order valence-corrected chi connectivity index (χ1v) is 11.0. The summed E-state index contributed by atoms with van der Waals surface area (Å²) in [5, 5.41) is 0.152. The Morgan fingerprint density at radius 1 is 0.867 bits per heavy atom. The van der Waals surface area contributed by atoms with Crippen molar-refractivity contribution in [3.05, 3.63) is 105 Å². The molecule has 0 bridgehead atoms. The number of nitrogens with zero attached hydrogens (tertiary/aromatic N) is 2. The third kappa shape index (κ3) is 4.43. The highest BCUT2D eigenvalue weighted by atomic mass is 79.9. The molecule has 30 heavy (non-hydrogen) atoms. The Labute approximate surface area is 189 Å². The highest BCUT2D eigenvalue weighted by Gasteiger charge is 2.30. The normalized spacial score (nSPS) is 15.8. The molecule has 0 saturated carbocycles. The van der Waals surface area contributed by atoms with E-state index in [0.717, 1.165) is 4.47 Å². The number of rotatable bonds is 4. The summed E-state index contributed by atoms with van der Waals surface area (Å²) in [5.41, 5.74) is 2.36. The zero-order valence-electron chi connectivity index (χ0n) is 16.3. The second-order valence-electron chi connectivity index (χ2n) is 7.29. The molecule has 6 heteroatoms. The van der Waals surface area contributed by atoms with E-state index in [1.807, 2.05) is 30.3 Å². The maximum absolute atomic E-state index is 14.2. The van der Waals surface area contributed by atoms with Gasteiger partial charge in [0, 0.05) is 30.7 Å².